The third-order valence-corrected chi connectivity index (χ3v) is 8.46. The first-order valence-electron chi connectivity index (χ1n) is 8.45. The Morgan fingerprint density at radius 3 is 2.32 bits per heavy atom. The first kappa shape index (κ1) is 19.2. The second kappa shape index (κ2) is 7.74. The lowest BCUT2D eigenvalue weighted by Gasteiger charge is -2.33. The maximum atomic E-state index is 12.7. The van der Waals surface area contributed by atoms with Gasteiger partial charge in [-0.3, -0.25) is 4.79 Å². The van der Waals surface area contributed by atoms with Crippen molar-refractivity contribution in [1.82, 2.24) is 24.0 Å². The minimum atomic E-state index is -3.52. The molecule has 1 aliphatic heterocycles. The Labute approximate surface area is 174 Å². The van der Waals surface area contributed by atoms with Gasteiger partial charge in [-0.15, -0.1) is 11.3 Å². The van der Waals surface area contributed by atoms with Crippen molar-refractivity contribution in [3.05, 3.63) is 58.4 Å². The molecule has 0 spiro atoms. The summed E-state index contributed by atoms with van der Waals surface area (Å²) in [5, 5.41) is 4.05. The number of carbonyl (C=O) groups is 1. The fraction of sp³-hybridized carbons (Fsp3) is 0.235. The number of benzene rings is 1. The molecule has 0 saturated carbocycles. The molecular weight excluding hydrogens is 466 g/mol. The fourth-order valence-corrected chi connectivity index (χ4v) is 6.56. The minimum absolute atomic E-state index is 0.110. The Kier molecular flexibility index (Phi) is 5.32. The van der Waals surface area contributed by atoms with E-state index in [1.165, 1.54) is 22.0 Å². The van der Waals surface area contributed by atoms with E-state index in [0.717, 1.165) is 9.47 Å². The summed E-state index contributed by atoms with van der Waals surface area (Å²) in [5.74, 6) is -0.110. The number of hydrogen-bond acceptors (Lipinski definition) is 6. The predicted octanol–water partition coefficient (Wildman–Crippen LogP) is 2.24. The highest BCUT2D eigenvalue weighted by molar-refractivity contribution is 9.11. The molecule has 4 rings (SSSR count). The van der Waals surface area contributed by atoms with Crippen molar-refractivity contribution in [2.24, 2.45) is 0 Å². The number of halogens is 1. The first-order valence-corrected chi connectivity index (χ1v) is 11.5. The van der Waals surface area contributed by atoms with E-state index in [2.05, 4.69) is 26.0 Å². The number of carbonyl (C=O) groups excluding carboxylic acids is 1. The van der Waals surface area contributed by atoms with Gasteiger partial charge in [0.15, 0.2) is 0 Å². The van der Waals surface area contributed by atoms with Gasteiger partial charge in [-0.25, -0.2) is 18.1 Å². The van der Waals surface area contributed by atoms with Crippen LogP contribution in [0.2, 0.25) is 0 Å². The molecule has 0 bridgehead atoms. The number of amides is 1. The van der Waals surface area contributed by atoms with Crippen LogP contribution in [0.4, 0.5) is 0 Å². The highest BCUT2D eigenvalue weighted by Crippen LogP contribution is 2.29. The molecule has 1 fully saturated rings. The van der Waals surface area contributed by atoms with E-state index in [0.29, 0.717) is 22.9 Å². The van der Waals surface area contributed by atoms with Crippen LogP contribution in [0.25, 0.3) is 5.69 Å². The van der Waals surface area contributed by atoms with Crippen molar-refractivity contribution in [3.63, 3.8) is 0 Å². The molecule has 146 valence electrons. The molecule has 0 N–H and O–H groups in total. The van der Waals surface area contributed by atoms with Crippen LogP contribution in [0, 0.1) is 0 Å². The lowest BCUT2D eigenvalue weighted by atomic mass is 10.1. The van der Waals surface area contributed by atoms with E-state index in [1.807, 2.05) is 0 Å². The third-order valence-electron chi connectivity index (χ3n) is 4.47. The molecule has 0 radical (unpaired) electrons. The molecule has 2 aromatic heterocycles. The number of sulfonamides is 1. The number of rotatable bonds is 4. The van der Waals surface area contributed by atoms with Crippen LogP contribution in [0.3, 0.4) is 0 Å². The number of nitrogens with zero attached hydrogens (tertiary/aromatic N) is 5. The van der Waals surface area contributed by atoms with Gasteiger partial charge in [-0.05, 0) is 52.3 Å². The Morgan fingerprint density at radius 2 is 1.75 bits per heavy atom. The molecular formula is C17H16BrN5O3S2. The monoisotopic (exact) mass is 481 g/mol. The van der Waals surface area contributed by atoms with Crippen LogP contribution in [0.1, 0.15) is 10.4 Å². The van der Waals surface area contributed by atoms with E-state index in [9.17, 15) is 13.2 Å². The molecule has 3 aromatic rings. The molecule has 1 aromatic carbocycles. The largest absolute Gasteiger partial charge is 0.336 e. The zero-order valence-electron chi connectivity index (χ0n) is 14.6. The number of aromatic nitrogens is 3. The topological polar surface area (TPSA) is 88.4 Å². The summed E-state index contributed by atoms with van der Waals surface area (Å²) in [7, 11) is -3.52. The smallest absolute Gasteiger partial charge is 0.253 e. The highest BCUT2D eigenvalue weighted by atomic mass is 79.9. The van der Waals surface area contributed by atoms with Gasteiger partial charge in [0.05, 0.1) is 9.47 Å². The molecule has 3 heterocycles. The molecule has 0 aliphatic carbocycles. The summed E-state index contributed by atoms with van der Waals surface area (Å²) >= 11 is 4.48. The van der Waals surface area contributed by atoms with E-state index < -0.39 is 10.0 Å². The average molecular weight is 482 g/mol. The molecule has 1 saturated heterocycles. The van der Waals surface area contributed by atoms with Crippen molar-refractivity contribution in [1.29, 1.82) is 0 Å². The Balaban J connectivity index is 1.41. The standard InChI is InChI=1S/C17H16BrN5O3S2/c18-15-5-6-16(27-15)28(25,26)22-9-7-21(8-10-22)17(24)13-1-3-14(4-2-13)23-12-19-11-20-23/h1-6,11-12H,7-10H2. The third kappa shape index (κ3) is 3.75. The van der Waals surface area contributed by atoms with Gasteiger partial charge >= 0.3 is 0 Å². The minimum Gasteiger partial charge on any atom is -0.336 e. The van der Waals surface area contributed by atoms with Crippen LogP contribution in [0.15, 0.2) is 57.0 Å². The Morgan fingerprint density at radius 1 is 1.04 bits per heavy atom. The fourth-order valence-electron chi connectivity index (χ4n) is 2.98. The van der Waals surface area contributed by atoms with E-state index in [4.69, 9.17) is 0 Å². The zero-order chi connectivity index (χ0) is 19.7. The summed E-state index contributed by atoms with van der Waals surface area (Å²) in [5.41, 5.74) is 1.37. The predicted molar refractivity (Wildman–Crippen MR) is 108 cm³/mol. The van der Waals surface area contributed by atoms with Gasteiger partial charge in [0.25, 0.3) is 15.9 Å². The molecule has 0 unspecified atom stereocenters. The highest BCUT2D eigenvalue weighted by Gasteiger charge is 2.31. The van der Waals surface area contributed by atoms with Crippen molar-refractivity contribution in [2.75, 3.05) is 26.2 Å². The van der Waals surface area contributed by atoms with Crippen molar-refractivity contribution in [3.8, 4) is 5.69 Å². The number of thiophene rings is 1. The molecule has 28 heavy (non-hydrogen) atoms. The lowest BCUT2D eigenvalue weighted by Crippen LogP contribution is -2.50. The second-order valence-electron chi connectivity index (χ2n) is 6.14. The number of hydrogen-bond donors (Lipinski definition) is 0. The van der Waals surface area contributed by atoms with Gasteiger partial charge in [-0.2, -0.15) is 9.40 Å². The van der Waals surface area contributed by atoms with Crippen LogP contribution in [-0.2, 0) is 10.0 Å². The quantitative estimate of drug-likeness (QED) is 0.569. The normalized spacial score (nSPS) is 15.7. The van der Waals surface area contributed by atoms with Gasteiger partial charge < -0.3 is 4.90 Å². The van der Waals surface area contributed by atoms with E-state index in [-0.39, 0.29) is 19.0 Å². The Bertz CT molecular complexity index is 1070. The first-order chi connectivity index (χ1) is 13.4. The van der Waals surface area contributed by atoms with E-state index >= 15 is 0 Å². The van der Waals surface area contributed by atoms with Gasteiger partial charge in [0.1, 0.15) is 16.9 Å². The average Bonchev–Trinajstić information content (AvgIpc) is 3.40. The summed E-state index contributed by atoms with van der Waals surface area (Å²) < 4.78 is 29.5. The van der Waals surface area contributed by atoms with Crippen LogP contribution < -0.4 is 0 Å². The number of piperazine rings is 1. The molecule has 11 heteroatoms. The SMILES string of the molecule is O=C(c1ccc(-n2cncn2)cc1)N1CCN(S(=O)(=O)c2ccc(Br)s2)CC1. The van der Waals surface area contributed by atoms with Crippen molar-refractivity contribution >= 4 is 43.2 Å². The Hall–Kier alpha value is -2.08. The summed E-state index contributed by atoms with van der Waals surface area (Å²) in [6.07, 6.45) is 3.03. The summed E-state index contributed by atoms with van der Waals surface area (Å²) in [6.45, 7) is 1.27. The molecule has 0 atom stereocenters. The van der Waals surface area contributed by atoms with Crippen LogP contribution in [0.5, 0.6) is 0 Å². The zero-order valence-corrected chi connectivity index (χ0v) is 17.8. The molecule has 1 aliphatic rings. The molecule has 1 amide bonds. The van der Waals surface area contributed by atoms with Gasteiger partial charge in [0.2, 0.25) is 0 Å². The van der Waals surface area contributed by atoms with Crippen LogP contribution in [-0.4, -0.2) is 64.5 Å². The second-order valence-corrected chi connectivity index (χ2v) is 10.8. The summed E-state index contributed by atoms with van der Waals surface area (Å²) in [6, 6.07) is 10.4. The maximum Gasteiger partial charge on any atom is 0.253 e. The van der Waals surface area contributed by atoms with Crippen molar-refractivity contribution < 1.29 is 13.2 Å². The van der Waals surface area contributed by atoms with Crippen LogP contribution >= 0.6 is 27.3 Å². The summed E-state index contributed by atoms with van der Waals surface area (Å²) in [4.78, 5) is 18.3. The van der Waals surface area contributed by atoms with E-state index in [1.54, 1.807) is 52.3 Å². The maximum absolute atomic E-state index is 12.7. The van der Waals surface area contributed by atoms with Crippen molar-refractivity contribution in [2.45, 2.75) is 4.21 Å². The van der Waals surface area contributed by atoms with Gasteiger partial charge in [0, 0.05) is 31.7 Å². The lowest BCUT2D eigenvalue weighted by molar-refractivity contribution is 0.0698. The van der Waals surface area contributed by atoms with Gasteiger partial charge in [-0.1, -0.05) is 0 Å². The molecule has 8 nitrogen and oxygen atoms in total.